The molecule has 0 fully saturated rings. The molecule has 0 spiro atoms. The van der Waals surface area contributed by atoms with Gasteiger partial charge in [0.1, 0.15) is 5.82 Å². The first-order valence-corrected chi connectivity index (χ1v) is 12.1. The highest BCUT2D eigenvalue weighted by Crippen LogP contribution is 2.43. The fourth-order valence-corrected chi connectivity index (χ4v) is 3.45. The predicted octanol–water partition coefficient (Wildman–Crippen LogP) is 9.01. The minimum atomic E-state index is -0.161. The molecule has 1 aliphatic carbocycles. The highest BCUT2D eigenvalue weighted by Gasteiger charge is 2.23. The van der Waals surface area contributed by atoms with Crippen molar-refractivity contribution in [2.24, 2.45) is 4.99 Å². The molecule has 0 amide bonds. The molecule has 0 radical (unpaired) electrons. The van der Waals surface area contributed by atoms with Crippen LogP contribution in [0.1, 0.15) is 78.4 Å². The molecule has 182 valence electrons. The third-order valence-corrected chi connectivity index (χ3v) is 4.92. The van der Waals surface area contributed by atoms with Crippen molar-refractivity contribution < 1.29 is 9.13 Å². The Morgan fingerprint density at radius 1 is 1.15 bits per heavy atom. The summed E-state index contributed by atoms with van der Waals surface area (Å²) in [6, 6.07) is 5.16. The zero-order valence-corrected chi connectivity index (χ0v) is 22.0. The maximum Gasteiger partial charge on any atom is 0.123 e. The average molecular weight is 454 g/mol. The minimum absolute atomic E-state index is 0.161. The van der Waals surface area contributed by atoms with E-state index >= 15 is 0 Å². The second-order valence-electron chi connectivity index (χ2n) is 7.33. The van der Waals surface area contributed by atoms with Gasteiger partial charge in [-0.15, -0.1) is 0 Å². The summed E-state index contributed by atoms with van der Waals surface area (Å²) in [5.41, 5.74) is 7.12. The summed E-state index contributed by atoms with van der Waals surface area (Å²) >= 11 is 0. The van der Waals surface area contributed by atoms with Gasteiger partial charge in [-0.3, -0.25) is 0 Å². The number of hydrogen-bond donors (Lipinski definition) is 0. The lowest BCUT2D eigenvalue weighted by Gasteiger charge is -2.05. The van der Waals surface area contributed by atoms with Crippen LogP contribution in [0, 0.1) is 5.82 Å². The van der Waals surface area contributed by atoms with Crippen molar-refractivity contribution in [2.75, 3.05) is 20.8 Å². The quantitative estimate of drug-likeness (QED) is 0.208. The largest absolute Gasteiger partial charge is 0.384 e. The van der Waals surface area contributed by atoms with Crippen molar-refractivity contribution >= 4 is 17.4 Å². The van der Waals surface area contributed by atoms with Gasteiger partial charge in [-0.05, 0) is 78.3 Å². The standard InChI is InChI=1S/C23H27F.C5H11NO.C2H6/c1-5-8-9-12-18(10-6-2)15-22-17(4)20(11-7-3)23-16-19(24)13-14-21(22)23;1-6-4-3-5-7-2;1-2/h6,8-10,12-16H,5,7,11H2,1-4H3;4H,3,5H2,1-2H3;1-2H3/b9-8+,10-6-,18-12+,22-15-;;. The first-order valence-electron chi connectivity index (χ1n) is 12.1. The lowest BCUT2D eigenvalue weighted by Crippen LogP contribution is -1.87. The van der Waals surface area contributed by atoms with Gasteiger partial charge in [0.2, 0.25) is 0 Å². The lowest BCUT2D eigenvalue weighted by molar-refractivity contribution is 0.208. The normalized spacial score (nSPS) is 14.7. The van der Waals surface area contributed by atoms with E-state index in [2.05, 4.69) is 62.2 Å². The Bertz CT molecular complexity index is 869. The second kappa shape index (κ2) is 19.0. The molecule has 0 N–H and O–H groups in total. The third-order valence-electron chi connectivity index (χ3n) is 4.92. The SMILES string of the molecule is CC.CN=CCCOC.C\C=C/C(=C\C=C\CC)/C=C1/C(C)=C(CCC)c2cc(F)ccc21. The number of halogens is 1. The number of rotatable bonds is 9. The number of allylic oxidation sites excluding steroid dienone is 10. The number of methoxy groups -OCH3 is 1. The van der Waals surface area contributed by atoms with Crippen LogP contribution in [0.2, 0.25) is 0 Å². The van der Waals surface area contributed by atoms with E-state index in [1.807, 2.05) is 33.1 Å². The highest BCUT2D eigenvalue weighted by molar-refractivity contribution is 6.00. The van der Waals surface area contributed by atoms with Crippen LogP contribution in [0.15, 0.2) is 70.8 Å². The van der Waals surface area contributed by atoms with Crippen LogP contribution in [-0.4, -0.2) is 27.0 Å². The summed E-state index contributed by atoms with van der Waals surface area (Å²) < 4.78 is 18.5. The molecule has 1 aromatic carbocycles. The van der Waals surface area contributed by atoms with E-state index in [1.165, 1.54) is 16.7 Å². The minimum Gasteiger partial charge on any atom is -0.384 e. The van der Waals surface area contributed by atoms with Gasteiger partial charge in [-0.1, -0.05) is 70.6 Å². The van der Waals surface area contributed by atoms with Crippen LogP contribution in [0.5, 0.6) is 0 Å². The van der Waals surface area contributed by atoms with Crippen molar-refractivity contribution in [2.45, 2.75) is 67.2 Å². The van der Waals surface area contributed by atoms with Gasteiger partial charge < -0.3 is 9.73 Å². The summed E-state index contributed by atoms with van der Waals surface area (Å²) in [6.07, 6.45) is 18.6. The molecular formula is C30H44FNO. The summed E-state index contributed by atoms with van der Waals surface area (Å²) in [7, 11) is 3.44. The van der Waals surface area contributed by atoms with E-state index in [4.69, 9.17) is 4.74 Å². The Hall–Kier alpha value is -2.52. The highest BCUT2D eigenvalue weighted by atomic mass is 19.1. The van der Waals surface area contributed by atoms with Crippen LogP contribution < -0.4 is 0 Å². The lowest BCUT2D eigenvalue weighted by atomic mass is 10.00. The van der Waals surface area contributed by atoms with E-state index in [1.54, 1.807) is 26.3 Å². The molecule has 0 atom stereocenters. The fraction of sp³-hybridized carbons (Fsp3) is 0.433. The van der Waals surface area contributed by atoms with E-state index < -0.39 is 0 Å². The number of ether oxygens (including phenoxy) is 1. The molecule has 0 saturated carbocycles. The molecule has 0 unspecified atom stereocenters. The van der Waals surface area contributed by atoms with Crippen LogP contribution in [0.3, 0.4) is 0 Å². The van der Waals surface area contributed by atoms with Crippen molar-refractivity contribution in [3.8, 4) is 0 Å². The average Bonchev–Trinajstić information content (AvgIpc) is 3.07. The topological polar surface area (TPSA) is 21.6 Å². The zero-order chi connectivity index (χ0) is 25.1. The molecule has 0 saturated heterocycles. The molecule has 2 rings (SSSR count). The van der Waals surface area contributed by atoms with Gasteiger partial charge in [-0.2, -0.15) is 0 Å². The van der Waals surface area contributed by atoms with Gasteiger partial charge in [0.15, 0.2) is 0 Å². The summed E-state index contributed by atoms with van der Waals surface area (Å²) in [4.78, 5) is 3.77. The summed E-state index contributed by atoms with van der Waals surface area (Å²) in [5, 5.41) is 0. The van der Waals surface area contributed by atoms with Crippen molar-refractivity contribution in [3.63, 3.8) is 0 Å². The Kier molecular flexibility index (Phi) is 17.5. The van der Waals surface area contributed by atoms with Gasteiger partial charge >= 0.3 is 0 Å². The van der Waals surface area contributed by atoms with E-state index in [0.717, 1.165) is 49.0 Å². The Morgan fingerprint density at radius 3 is 2.45 bits per heavy atom. The number of fused-ring (bicyclic) bond motifs is 1. The molecule has 0 aliphatic heterocycles. The molecule has 2 nitrogen and oxygen atoms in total. The van der Waals surface area contributed by atoms with E-state index in [9.17, 15) is 4.39 Å². The molecule has 1 aliphatic rings. The van der Waals surface area contributed by atoms with Crippen molar-refractivity contribution in [3.05, 3.63) is 82.7 Å². The van der Waals surface area contributed by atoms with Crippen LogP contribution >= 0.6 is 0 Å². The molecular weight excluding hydrogens is 409 g/mol. The Morgan fingerprint density at radius 2 is 1.88 bits per heavy atom. The third kappa shape index (κ3) is 10.8. The summed E-state index contributed by atoms with van der Waals surface area (Å²) in [5.74, 6) is -0.161. The molecule has 1 aromatic rings. The van der Waals surface area contributed by atoms with E-state index in [0.29, 0.717) is 0 Å². The van der Waals surface area contributed by atoms with Crippen molar-refractivity contribution in [1.29, 1.82) is 0 Å². The Labute approximate surface area is 202 Å². The van der Waals surface area contributed by atoms with Gasteiger partial charge in [-0.25, -0.2) is 4.39 Å². The molecule has 0 heterocycles. The zero-order valence-electron chi connectivity index (χ0n) is 22.0. The van der Waals surface area contributed by atoms with Crippen LogP contribution in [0.4, 0.5) is 4.39 Å². The van der Waals surface area contributed by atoms with Crippen LogP contribution in [-0.2, 0) is 4.74 Å². The van der Waals surface area contributed by atoms with Crippen LogP contribution in [0.25, 0.3) is 11.1 Å². The molecule has 0 bridgehead atoms. The van der Waals surface area contributed by atoms with E-state index in [-0.39, 0.29) is 5.82 Å². The Balaban J connectivity index is 0.000000973. The smallest absolute Gasteiger partial charge is 0.123 e. The number of benzene rings is 1. The van der Waals surface area contributed by atoms with Gasteiger partial charge in [0.25, 0.3) is 0 Å². The maximum atomic E-state index is 13.7. The number of hydrogen-bond acceptors (Lipinski definition) is 2. The molecule has 0 aromatic heterocycles. The molecule has 3 heteroatoms. The van der Waals surface area contributed by atoms with Gasteiger partial charge in [0.05, 0.1) is 6.61 Å². The predicted molar refractivity (Wildman–Crippen MR) is 146 cm³/mol. The fourth-order valence-electron chi connectivity index (χ4n) is 3.45. The summed E-state index contributed by atoms with van der Waals surface area (Å²) in [6.45, 7) is 13.3. The number of nitrogens with zero attached hydrogens (tertiary/aromatic N) is 1. The molecule has 33 heavy (non-hydrogen) atoms. The van der Waals surface area contributed by atoms with Crippen molar-refractivity contribution in [1.82, 2.24) is 0 Å². The first-order chi connectivity index (χ1) is 16.0. The number of aliphatic imine (C=N–C) groups is 1. The monoisotopic (exact) mass is 453 g/mol. The second-order valence-corrected chi connectivity index (χ2v) is 7.33. The maximum absolute atomic E-state index is 13.7. The van der Waals surface area contributed by atoms with Gasteiger partial charge in [0, 0.05) is 26.8 Å². The first kappa shape index (κ1) is 30.5.